The van der Waals surface area contributed by atoms with Gasteiger partial charge in [-0.25, -0.2) is 0 Å². The molecule has 0 atom stereocenters. The zero-order valence-electron chi connectivity index (χ0n) is 7.79. The van der Waals surface area contributed by atoms with Crippen LogP contribution in [-0.2, 0) is 4.79 Å². The molecule has 0 rings (SSSR count). The summed E-state index contributed by atoms with van der Waals surface area (Å²) in [5.74, 6) is 0.445. The zero-order valence-corrected chi connectivity index (χ0v) is 7.79. The Morgan fingerprint density at radius 3 is 2.09 bits per heavy atom. The monoisotopic (exact) mass is 153 g/mol. The van der Waals surface area contributed by atoms with E-state index >= 15 is 0 Å². The molecular weight excluding hydrogens is 137 g/mol. The van der Waals surface area contributed by atoms with E-state index in [1.165, 1.54) is 4.81 Å². The summed E-state index contributed by atoms with van der Waals surface area (Å²) < 4.78 is 0. The highest BCUT2D eigenvalue weighted by atomic mass is 16.2. The summed E-state index contributed by atoms with van der Waals surface area (Å²) in [5, 5.41) is 0. The number of hydrogen-bond donors (Lipinski definition) is 0. The number of amides is 1. The van der Waals surface area contributed by atoms with Crippen LogP contribution in [0.4, 0.5) is 0 Å². The van der Waals surface area contributed by atoms with E-state index in [0.29, 0.717) is 12.5 Å². The molecule has 0 saturated carbocycles. The van der Waals surface area contributed by atoms with E-state index in [1.54, 1.807) is 0 Å². The van der Waals surface area contributed by atoms with Crippen molar-refractivity contribution < 1.29 is 4.79 Å². The molecule has 11 heavy (non-hydrogen) atoms. The first-order chi connectivity index (χ1) is 4.95. The molecule has 0 aliphatic heterocycles. The summed E-state index contributed by atoms with van der Waals surface area (Å²) in [4.78, 5) is 12.5. The fraction of sp³-hybridized carbons (Fsp3) is 0.875. The van der Waals surface area contributed by atoms with Gasteiger partial charge in [-0.2, -0.15) is 0 Å². The second kappa shape index (κ2) is 4.42. The Bertz CT molecular complexity index is 134. The molecule has 0 fully saturated rings. The lowest BCUT2D eigenvalue weighted by atomic mass is 10.1. The largest absolute Gasteiger partial charge is 0.396 e. The molecule has 1 amide bonds. The van der Waals surface area contributed by atoms with Crippen molar-refractivity contribution in [2.75, 3.05) is 6.54 Å². The standard InChI is InChI=1S/C8H16BNO/c1-6(2)5-10(9)8(11)7(3)4/h6-7H,5H2,1-4H3. The normalized spacial score (nSPS) is 10.7. The zero-order chi connectivity index (χ0) is 9.02. The van der Waals surface area contributed by atoms with Crippen molar-refractivity contribution in [3.05, 3.63) is 0 Å². The molecule has 3 heteroatoms. The molecule has 0 aliphatic carbocycles. The third kappa shape index (κ3) is 4.07. The Morgan fingerprint density at radius 2 is 1.82 bits per heavy atom. The number of hydrogen-bond acceptors (Lipinski definition) is 1. The molecule has 0 aromatic rings. The van der Waals surface area contributed by atoms with E-state index < -0.39 is 0 Å². The van der Waals surface area contributed by atoms with Gasteiger partial charge in [-0.1, -0.05) is 27.7 Å². The van der Waals surface area contributed by atoms with E-state index in [-0.39, 0.29) is 11.8 Å². The molecular formula is C8H16BNO. The average Bonchev–Trinajstić information content (AvgIpc) is 1.84. The lowest BCUT2D eigenvalue weighted by Gasteiger charge is -2.21. The summed E-state index contributed by atoms with van der Waals surface area (Å²) in [6.07, 6.45) is 0. The number of carbonyl (C=O) groups excluding carboxylic acids is 1. The van der Waals surface area contributed by atoms with Crippen LogP contribution in [0.15, 0.2) is 0 Å². The minimum absolute atomic E-state index is 0.00116. The Labute approximate surface area is 70.4 Å². The van der Waals surface area contributed by atoms with Gasteiger partial charge >= 0.3 is 0 Å². The van der Waals surface area contributed by atoms with Gasteiger partial charge in [0.05, 0.1) is 0 Å². The maximum absolute atomic E-state index is 11.2. The first-order valence-electron chi connectivity index (χ1n) is 4.01. The van der Waals surface area contributed by atoms with Gasteiger partial charge in [-0.15, -0.1) is 0 Å². The van der Waals surface area contributed by atoms with Crippen LogP contribution in [0, 0.1) is 11.8 Å². The highest BCUT2D eigenvalue weighted by molar-refractivity contribution is 6.14. The quantitative estimate of drug-likeness (QED) is 0.558. The van der Waals surface area contributed by atoms with Crippen molar-refractivity contribution in [2.24, 2.45) is 11.8 Å². The van der Waals surface area contributed by atoms with Gasteiger partial charge in [0.1, 0.15) is 0 Å². The summed E-state index contributed by atoms with van der Waals surface area (Å²) >= 11 is 0. The molecule has 0 bridgehead atoms. The van der Waals surface area contributed by atoms with Gasteiger partial charge in [-0.3, -0.25) is 4.79 Å². The predicted molar refractivity (Wildman–Crippen MR) is 47.1 cm³/mol. The second-order valence-electron chi connectivity index (χ2n) is 3.54. The average molecular weight is 153 g/mol. The third-order valence-corrected chi connectivity index (χ3v) is 1.34. The first kappa shape index (κ1) is 10.5. The number of carbonyl (C=O) groups is 1. The van der Waals surface area contributed by atoms with Crippen LogP contribution >= 0.6 is 0 Å². The Morgan fingerprint density at radius 1 is 1.36 bits per heavy atom. The second-order valence-corrected chi connectivity index (χ2v) is 3.54. The van der Waals surface area contributed by atoms with Crippen molar-refractivity contribution in [1.82, 2.24) is 4.81 Å². The predicted octanol–water partition coefficient (Wildman–Crippen LogP) is 1.21. The molecule has 0 saturated heterocycles. The molecule has 0 aliphatic rings. The molecule has 2 radical (unpaired) electrons. The highest BCUT2D eigenvalue weighted by Gasteiger charge is 2.12. The summed E-state index contributed by atoms with van der Waals surface area (Å²) in [5.41, 5.74) is 0. The van der Waals surface area contributed by atoms with Crippen LogP contribution in [0.5, 0.6) is 0 Å². The minimum atomic E-state index is -0.00116. The molecule has 2 nitrogen and oxygen atoms in total. The molecule has 0 aromatic heterocycles. The van der Waals surface area contributed by atoms with E-state index in [4.69, 9.17) is 7.98 Å². The maximum atomic E-state index is 11.2. The smallest absolute Gasteiger partial charge is 0.230 e. The van der Waals surface area contributed by atoms with Gasteiger partial charge in [0.25, 0.3) is 0 Å². The van der Waals surface area contributed by atoms with Gasteiger partial charge in [0.2, 0.25) is 13.9 Å². The summed E-state index contributed by atoms with van der Waals surface area (Å²) in [6, 6.07) is 0. The van der Waals surface area contributed by atoms with E-state index in [1.807, 2.05) is 27.7 Å². The SMILES string of the molecule is [B]N(CC(C)C)C(=O)C(C)C. The van der Waals surface area contributed by atoms with Crippen LogP contribution in [-0.4, -0.2) is 25.2 Å². The fourth-order valence-electron chi connectivity index (χ4n) is 0.815. The van der Waals surface area contributed by atoms with Crippen LogP contribution in [0.2, 0.25) is 0 Å². The Hall–Kier alpha value is -0.465. The number of rotatable bonds is 3. The molecule has 0 N–H and O–H groups in total. The third-order valence-electron chi connectivity index (χ3n) is 1.34. The topological polar surface area (TPSA) is 20.3 Å². The van der Waals surface area contributed by atoms with Gasteiger partial charge in [-0.05, 0) is 5.92 Å². The van der Waals surface area contributed by atoms with Gasteiger partial charge < -0.3 is 4.81 Å². The summed E-state index contributed by atoms with van der Waals surface area (Å²) in [7, 11) is 5.50. The van der Waals surface area contributed by atoms with E-state index in [9.17, 15) is 4.79 Å². The van der Waals surface area contributed by atoms with Crippen LogP contribution in [0.25, 0.3) is 0 Å². The maximum Gasteiger partial charge on any atom is 0.230 e. The fourth-order valence-corrected chi connectivity index (χ4v) is 0.815. The van der Waals surface area contributed by atoms with E-state index in [2.05, 4.69) is 0 Å². The van der Waals surface area contributed by atoms with Crippen molar-refractivity contribution in [3.8, 4) is 0 Å². The molecule has 0 spiro atoms. The van der Waals surface area contributed by atoms with Crippen LogP contribution < -0.4 is 0 Å². The first-order valence-corrected chi connectivity index (χ1v) is 4.01. The number of nitrogens with zero attached hydrogens (tertiary/aromatic N) is 1. The molecule has 0 unspecified atom stereocenters. The Balaban J connectivity index is 3.83. The van der Waals surface area contributed by atoms with Gasteiger partial charge in [0.15, 0.2) is 0 Å². The van der Waals surface area contributed by atoms with Crippen molar-refractivity contribution >= 4 is 13.9 Å². The van der Waals surface area contributed by atoms with Crippen LogP contribution in [0.3, 0.4) is 0 Å². The van der Waals surface area contributed by atoms with Crippen molar-refractivity contribution in [2.45, 2.75) is 27.7 Å². The van der Waals surface area contributed by atoms with Crippen LogP contribution in [0.1, 0.15) is 27.7 Å². The summed E-state index contributed by atoms with van der Waals surface area (Å²) in [6.45, 7) is 8.41. The van der Waals surface area contributed by atoms with Crippen molar-refractivity contribution in [1.29, 1.82) is 0 Å². The molecule has 0 aromatic carbocycles. The Kier molecular flexibility index (Phi) is 4.23. The van der Waals surface area contributed by atoms with Gasteiger partial charge in [0, 0.05) is 12.5 Å². The molecule has 0 heterocycles. The molecule has 62 valence electrons. The van der Waals surface area contributed by atoms with E-state index in [0.717, 1.165) is 0 Å². The lowest BCUT2D eigenvalue weighted by molar-refractivity contribution is -0.130. The van der Waals surface area contributed by atoms with Crippen molar-refractivity contribution in [3.63, 3.8) is 0 Å². The lowest BCUT2D eigenvalue weighted by Crippen LogP contribution is -2.34. The highest BCUT2D eigenvalue weighted by Crippen LogP contribution is 2.01. The minimum Gasteiger partial charge on any atom is -0.396 e.